The Morgan fingerprint density at radius 3 is 1.97 bits per heavy atom. The summed E-state index contributed by atoms with van der Waals surface area (Å²) in [6.07, 6.45) is -7.72. The second-order valence-corrected chi connectivity index (χ2v) is 8.64. The van der Waals surface area contributed by atoms with Gasteiger partial charge in [0.2, 0.25) is 0 Å². The van der Waals surface area contributed by atoms with Gasteiger partial charge in [0.25, 0.3) is 0 Å². The fourth-order valence-corrected chi connectivity index (χ4v) is 4.36. The van der Waals surface area contributed by atoms with Crippen LogP contribution in [0.3, 0.4) is 0 Å². The number of hydrogen-bond donors (Lipinski definition) is 9. The van der Waals surface area contributed by atoms with Gasteiger partial charge in [0, 0.05) is 18.6 Å². The average molecular weight is 452 g/mol. The zero-order valence-corrected chi connectivity index (χ0v) is 17.3. The molecule has 13 nitrogen and oxygen atoms in total. The van der Waals surface area contributed by atoms with Crippen LogP contribution in [0.15, 0.2) is 0 Å². The lowest BCUT2D eigenvalue weighted by molar-refractivity contribution is -0.313. The highest BCUT2D eigenvalue weighted by atomic mass is 16.7. The van der Waals surface area contributed by atoms with E-state index in [4.69, 9.17) is 47.6 Å². The molecule has 1 saturated carbocycles. The molecule has 3 rings (SSSR count). The number of hydrogen-bond acceptors (Lipinski definition) is 13. The summed E-state index contributed by atoms with van der Waals surface area (Å²) in [6.45, 7) is -0.214. The van der Waals surface area contributed by atoms with E-state index in [0.29, 0.717) is 19.4 Å². The molecule has 13 heteroatoms. The van der Waals surface area contributed by atoms with Crippen molar-refractivity contribution in [1.82, 2.24) is 0 Å². The Labute approximate surface area is 180 Å². The first-order valence-corrected chi connectivity index (χ1v) is 10.7. The van der Waals surface area contributed by atoms with E-state index >= 15 is 0 Å². The molecule has 2 heterocycles. The van der Waals surface area contributed by atoms with Crippen LogP contribution < -0.4 is 28.7 Å². The first kappa shape index (κ1) is 25.1. The Balaban J connectivity index is 1.69. The van der Waals surface area contributed by atoms with Crippen molar-refractivity contribution in [2.24, 2.45) is 28.7 Å². The number of nitrogens with two attached hydrogens (primary N) is 5. The minimum absolute atomic E-state index is 0.204. The molecule has 0 radical (unpaired) electrons. The summed E-state index contributed by atoms with van der Waals surface area (Å²) in [5, 5.41) is 40.7. The topological polar surface area (TPSA) is 248 Å². The Bertz CT molecular complexity index is 577. The lowest BCUT2D eigenvalue weighted by Gasteiger charge is -2.47. The molecule has 182 valence electrons. The van der Waals surface area contributed by atoms with Gasteiger partial charge in [-0.05, 0) is 19.3 Å². The van der Waals surface area contributed by atoms with Crippen LogP contribution in [0.25, 0.3) is 0 Å². The second-order valence-electron chi connectivity index (χ2n) is 8.64. The maximum Gasteiger partial charge on any atom is 0.186 e. The minimum atomic E-state index is -1.41. The third-order valence-corrected chi connectivity index (χ3v) is 6.34. The average Bonchev–Trinajstić information content (AvgIpc) is 2.75. The predicted octanol–water partition coefficient (Wildman–Crippen LogP) is -5.27. The Morgan fingerprint density at radius 1 is 0.774 bits per heavy atom. The van der Waals surface area contributed by atoms with E-state index in [0.717, 1.165) is 0 Å². The fraction of sp³-hybridized carbons (Fsp3) is 1.00. The van der Waals surface area contributed by atoms with Crippen LogP contribution in [0.2, 0.25) is 0 Å². The molecule has 2 aliphatic heterocycles. The third-order valence-electron chi connectivity index (χ3n) is 6.34. The standard InChI is InChI=1S/C18H37N5O8/c19-4-6-1-2-7(20)17(28-6)30-15-8(21)3-9(22)16(14(15)27)31-18-13(26)11(23)12(25)10(5-24)29-18/h6-18,24-27H,1-5,19-23H2/t6-,7+,8?,9?,10+,11-,12+,13+,14?,15?,16?,17+,18+/m0/s1. The van der Waals surface area contributed by atoms with Gasteiger partial charge in [-0.3, -0.25) is 0 Å². The van der Waals surface area contributed by atoms with E-state index in [1.54, 1.807) is 0 Å². The van der Waals surface area contributed by atoms with Crippen LogP contribution in [0, 0.1) is 0 Å². The first-order chi connectivity index (χ1) is 14.7. The lowest BCUT2D eigenvalue weighted by atomic mass is 9.84. The normalized spacial score (nSPS) is 51.6. The van der Waals surface area contributed by atoms with E-state index in [9.17, 15) is 20.4 Å². The van der Waals surface area contributed by atoms with Crippen molar-refractivity contribution in [2.75, 3.05) is 13.2 Å². The SMILES string of the molecule is NC[C@@H]1CC[C@@H](N)[C@@H](OC2C(N)CC(N)C(O[C@H]3O[C@H](CO)[C@@H](O)[C@H](N)[C@H]3O)C2O)O1. The van der Waals surface area contributed by atoms with E-state index in [2.05, 4.69) is 0 Å². The van der Waals surface area contributed by atoms with Crippen molar-refractivity contribution in [3.8, 4) is 0 Å². The van der Waals surface area contributed by atoms with Crippen molar-refractivity contribution in [2.45, 2.75) is 98.7 Å². The smallest absolute Gasteiger partial charge is 0.186 e. The highest BCUT2D eigenvalue weighted by Crippen LogP contribution is 2.30. The van der Waals surface area contributed by atoms with Crippen LogP contribution in [-0.4, -0.2) is 113 Å². The van der Waals surface area contributed by atoms with Crippen molar-refractivity contribution in [1.29, 1.82) is 0 Å². The largest absolute Gasteiger partial charge is 0.394 e. The van der Waals surface area contributed by atoms with Crippen LogP contribution in [0.5, 0.6) is 0 Å². The van der Waals surface area contributed by atoms with Gasteiger partial charge < -0.3 is 68.0 Å². The van der Waals surface area contributed by atoms with E-state index in [1.807, 2.05) is 0 Å². The van der Waals surface area contributed by atoms with E-state index in [-0.39, 0.29) is 12.5 Å². The van der Waals surface area contributed by atoms with Crippen LogP contribution in [0.1, 0.15) is 19.3 Å². The lowest BCUT2D eigenvalue weighted by Crippen LogP contribution is -2.68. The van der Waals surface area contributed by atoms with Gasteiger partial charge in [-0.2, -0.15) is 0 Å². The zero-order chi connectivity index (χ0) is 22.9. The molecular formula is C18H37N5O8. The molecule has 0 amide bonds. The Hall–Kier alpha value is -0.520. The molecule has 3 fully saturated rings. The monoisotopic (exact) mass is 451 g/mol. The summed E-state index contributed by atoms with van der Waals surface area (Å²) in [4.78, 5) is 0. The second kappa shape index (κ2) is 10.6. The molecule has 3 aliphatic rings. The zero-order valence-electron chi connectivity index (χ0n) is 17.3. The molecule has 0 bridgehead atoms. The molecule has 0 aromatic carbocycles. The molecule has 0 spiro atoms. The molecule has 14 N–H and O–H groups in total. The highest BCUT2D eigenvalue weighted by molar-refractivity contribution is 5.00. The summed E-state index contributed by atoms with van der Waals surface area (Å²) in [6, 6.07) is -2.85. The van der Waals surface area contributed by atoms with Gasteiger partial charge in [0.15, 0.2) is 12.6 Å². The van der Waals surface area contributed by atoms with Gasteiger partial charge in [-0.15, -0.1) is 0 Å². The van der Waals surface area contributed by atoms with Crippen molar-refractivity contribution >= 4 is 0 Å². The highest BCUT2D eigenvalue weighted by Gasteiger charge is 2.49. The van der Waals surface area contributed by atoms with Crippen molar-refractivity contribution in [3.63, 3.8) is 0 Å². The van der Waals surface area contributed by atoms with Crippen LogP contribution in [0.4, 0.5) is 0 Å². The fourth-order valence-electron chi connectivity index (χ4n) is 4.36. The number of ether oxygens (including phenoxy) is 4. The molecule has 1 aliphatic carbocycles. The molecule has 5 unspecified atom stereocenters. The number of rotatable bonds is 6. The molecule has 0 aromatic rings. The van der Waals surface area contributed by atoms with Crippen molar-refractivity contribution < 1.29 is 39.4 Å². The predicted molar refractivity (Wildman–Crippen MR) is 107 cm³/mol. The van der Waals surface area contributed by atoms with Crippen LogP contribution in [-0.2, 0) is 18.9 Å². The van der Waals surface area contributed by atoms with Crippen molar-refractivity contribution in [3.05, 3.63) is 0 Å². The van der Waals surface area contributed by atoms with Gasteiger partial charge in [-0.1, -0.05) is 0 Å². The molecular weight excluding hydrogens is 414 g/mol. The van der Waals surface area contributed by atoms with Gasteiger partial charge in [-0.25, -0.2) is 0 Å². The number of aliphatic hydroxyl groups excluding tert-OH is 4. The minimum Gasteiger partial charge on any atom is -0.394 e. The van der Waals surface area contributed by atoms with Crippen LogP contribution >= 0.6 is 0 Å². The van der Waals surface area contributed by atoms with Gasteiger partial charge in [0.05, 0.1) is 24.8 Å². The maximum absolute atomic E-state index is 11.0. The summed E-state index contributed by atoms with van der Waals surface area (Å²) >= 11 is 0. The summed E-state index contributed by atoms with van der Waals surface area (Å²) in [7, 11) is 0. The van der Waals surface area contributed by atoms with E-state index in [1.165, 1.54) is 0 Å². The van der Waals surface area contributed by atoms with Gasteiger partial charge in [0.1, 0.15) is 36.6 Å². The van der Waals surface area contributed by atoms with Gasteiger partial charge >= 0.3 is 0 Å². The summed E-state index contributed by atoms with van der Waals surface area (Å²) in [5.74, 6) is 0. The molecule has 13 atom stereocenters. The molecule has 31 heavy (non-hydrogen) atoms. The molecule has 0 aromatic heterocycles. The Morgan fingerprint density at radius 2 is 1.39 bits per heavy atom. The first-order valence-electron chi connectivity index (χ1n) is 10.7. The molecule has 2 saturated heterocycles. The number of aliphatic hydroxyl groups is 4. The quantitative estimate of drug-likeness (QED) is 0.183. The third kappa shape index (κ3) is 5.35. The maximum atomic E-state index is 11.0. The van der Waals surface area contributed by atoms with E-state index < -0.39 is 80.0 Å². The Kier molecular flexibility index (Phi) is 8.59. The summed E-state index contributed by atoms with van der Waals surface area (Å²) in [5.41, 5.74) is 30.0. The summed E-state index contributed by atoms with van der Waals surface area (Å²) < 4.78 is 23.0.